The van der Waals surface area contributed by atoms with Crippen LogP contribution in [-0.2, 0) is 14.3 Å². The van der Waals surface area contributed by atoms with Gasteiger partial charge in [0.05, 0.1) is 11.3 Å². The number of carbonyl (C=O) groups is 3. The topological polar surface area (TPSA) is 93.7 Å². The van der Waals surface area contributed by atoms with Crippen molar-refractivity contribution in [2.45, 2.75) is 19.8 Å². The van der Waals surface area contributed by atoms with E-state index in [-0.39, 0.29) is 17.4 Å². The molecule has 0 radical (unpaired) electrons. The maximum atomic E-state index is 12.4. The summed E-state index contributed by atoms with van der Waals surface area (Å²) >= 11 is 0. The van der Waals surface area contributed by atoms with Gasteiger partial charge in [0.1, 0.15) is 5.75 Å². The first-order chi connectivity index (χ1) is 16.0. The highest BCUT2D eigenvalue weighted by Crippen LogP contribution is 2.30. The molecule has 7 heteroatoms. The normalized spacial score (nSPS) is 12.5. The maximum absolute atomic E-state index is 12.4. The van der Waals surface area contributed by atoms with Gasteiger partial charge < -0.3 is 20.1 Å². The molecule has 1 aliphatic rings. The summed E-state index contributed by atoms with van der Waals surface area (Å²) in [6.07, 6.45) is 1.84. The highest BCUT2D eigenvalue weighted by atomic mass is 16.5. The molecular weight excluding hydrogens is 420 g/mol. The van der Waals surface area contributed by atoms with E-state index in [1.54, 1.807) is 48.5 Å². The molecule has 3 aromatic carbocycles. The molecular formula is C26H24N2O5. The summed E-state index contributed by atoms with van der Waals surface area (Å²) in [6, 6.07) is 20.9. The Kier molecular flexibility index (Phi) is 6.69. The Balaban J connectivity index is 1.29. The van der Waals surface area contributed by atoms with Gasteiger partial charge in [-0.3, -0.25) is 9.59 Å². The average molecular weight is 444 g/mol. The Morgan fingerprint density at radius 1 is 0.879 bits per heavy atom. The Morgan fingerprint density at radius 2 is 1.58 bits per heavy atom. The highest BCUT2D eigenvalue weighted by molar-refractivity contribution is 5.97. The van der Waals surface area contributed by atoms with E-state index in [1.165, 1.54) is 0 Å². The number of nitrogens with one attached hydrogen (secondary N) is 2. The first kappa shape index (κ1) is 22.1. The molecule has 0 atom stereocenters. The number of amides is 2. The summed E-state index contributed by atoms with van der Waals surface area (Å²) < 4.78 is 11.0. The fourth-order valence-corrected chi connectivity index (χ4v) is 3.07. The first-order valence-electron chi connectivity index (χ1n) is 10.7. The van der Waals surface area contributed by atoms with Gasteiger partial charge in [-0.05, 0) is 68.3 Å². The van der Waals surface area contributed by atoms with Crippen molar-refractivity contribution in [1.29, 1.82) is 0 Å². The van der Waals surface area contributed by atoms with Crippen LogP contribution in [0.4, 0.5) is 11.4 Å². The van der Waals surface area contributed by atoms with E-state index in [0.29, 0.717) is 22.9 Å². The quantitative estimate of drug-likeness (QED) is 0.481. The Bertz CT molecular complexity index is 1150. The lowest BCUT2D eigenvalue weighted by molar-refractivity contribution is -0.119. The van der Waals surface area contributed by atoms with E-state index < -0.39 is 18.5 Å². The van der Waals surface area contributed by atoms with Crippen molar-refractivity contribution in [3.05, 3.63) is 83.9 Å². The molecule has 1 aliphatic carbocycles. The molecule has 0 unspecified atom stereocenters. The molecule has 0 heterocycles. The zero-order valence-corrected chi connectivity index (χ0v) is 18.2. The summed E-state index contributed by atoms with van der Waals surface area (Å²) in [4.78, 5) is 36.4. The van der Waals surface area contributed by atoms with Crippen molar-refractivity contribution in [2.24, 2.45) is 5.92 Å². The van der Waals surface area contributed by atoms with E-state index in [0.717, 1.165) is 18.4 Å². The van der Waals surface area contributed by atoms with E-state index in [9.17, 15) is 14.4 Å². The van der Waals surface area contributed by atoms with Gasteiger partial charge in [-0.15, -0.1) is 0 Å². The summed E-state index contributed by atoms with van der Waals surface area (Å²) in [5, 5.41) is 5.51. The molecule has 7 nitrogen and oxygen atoms in total. The van der Waals surface area contributed by atoms with Crippen LogP contribution in [-0.4, -0.2) is 24.4 Å². The van der Waals surface area contributed by atoms with Crippen molar-refractivity contribution >= 4 is 29.2 Å². The third kappa shape index (κ3) is 6.20. The second-order valence-electron chi connectivity index (χ2n) is 7.88. The van der Waals surface area contributed by atoms with Gasteiger partial charge in [0.2, 0.25) is 5.91 Å². The number of esters is 1. The molecule has 0 saturated heterocycles. The van der Waals surface area contributed by atoms with Crippen LogP contribution in [0.1, 0.15) is 28.8 Å². The van der Waals surface area contributed by atoms with Crippen LogP contribution < -0.4 is 15.4 Å². The van der Waals surface area contributed by atoms with Crippen molar-refractivity contribution in [3.8, 4) is 11.5 Å². The second kappa shape index (κ2) is 9.99. The molecule has 0 aromatic heterocycles. The third-order valence-electron chi connectivity index (χ3n) is 5.08. The summed E-state index contributed by atoms with van der Waals surface area (Å²) in [5.41, 5.74) is 2.49. The van der Waals surface area contributed by atoms with Gasteiger partial charge in [-0.25, -0.2) is 4.79 Å². The smallest absolute Gasteiger partial charge is 0.338 e. The van der Waals surface area contributed by atoms with Gasteiger partial charge in [0.15, 0.2) is 12.4 Å². The SMILES string of the molecule is Cc1ccc(Oc2ccccc2NC(=O)COC(=O)c2ccc(NC(=O)C3CC3)cc2)cc1. The molecule has 0 spiro atoms. The van der Waals surface area contributed by atoms with Gasteiger partial charge in [-0.1, -0.05) is 29.8 Å². The number of rotatable bonds is 8. The van der Waals surface area contributed by atoms with Crippen LogP contribution in [0.25, 0.3) is 0 Å². The molecule has 2 amide bonds. The molecule has 3 aromatic rings. The second-order valence-corrected chi connectivity index (χ2v) is 7.88. The molecule has 168 valence electrons. The lowest BCUT2D eigenvalue weighted by atomic mass is 10.2. The minimum absolute atomic E-state index is 0.00589. The average Bonchev–Trinajstić information content (AvgIpc) is 3.66. The fraction of sp³-hybridized carbons (Fsp3) is 0.192. The minimum Gasteiger partial charge on any atom is -0.455 e. The Labute approximate surface area is 191 Å². The van der Waals surface area contributed by atoms with Crippen LogP contribution in [0.3, 0.4) is 0 Å². The Morgan fingerprint density at radius 3 is 2.27 bits per heavy atom. The van der Waals surface area contributed by atoms with Crippen LogP contribution in [0.5, 0.6) is 11.5 Å². The van der Waals surface area contributed by atoms with Gasteiger partial charge in [0.25, 0.3) is 5.91 Å². The number of benzene rings is 3. The number of hydrogen-bond acceptors (Lipinski definition) is 5. The first-order valence-corrected chi connectivity index (χ1v) is 10.7. The maximum Gasteiger partial charge on any atom is 0.338 e. The van der Waals surface area contributed by atoms with Crippen molar-refractivity contribution < 1.29 is 23.9 Å². The fourth-order valence-electron chi connectivity index (χ4n) is 3.07. The lowest BCUT2D eigenvalue weighted by Gasteiger charge is -2.12. The van der Waals surface area contributed by atoms with Crippen molar-refractivity contribution in [2.75, 3.05) is 17.2 Å². The minimum atomic E-state index is -0.630. The van der Waals surface area contributed by atoms with E-state index in [1.807, 2.05) is 31.2 Å². The van der Waals surface area contributed by atoms with E-state index in [2.05, 4.69) is 10.6 Å². The van der Waals surface area contributed by atoms with Gasteiger partial charge in [0, 0.05) is 11.6 Å². The molecule has 0 aliphatic heterocycles. The van der Waals surface area contributed by atoms with Crippen LogP contribution in [0, 0.1) is 12.8 Å². The molecule has 1 saturated carbocycles. The molecule has 4 rings (SSSR count). The summed E-state index contributed by atoms with van der Waals surface area (Å²) in [5.74, 6) is 0.0932. The molecule has 33 heavy (non-hydrogen) atoms. The predicted molar refractivity (Wildman–Crippen MR) is 124 cm³/mol. The standard InChI is InChI=1S/C26H24N2O5/c1-17-6-14-21(15-7-17)33-23-5-3-2-4-22(23)28-24(29)16-32-26(31)19-10-12-20(13-11-19)27-25(30)18-8-9-18/h2-7,10-15,18H,8-9,16H2,1H3,(H,27,30)(H,28,29). The number of anilines is 2. The van der Waals surface area contributed by atoms with E-state index in [4.69, 9.17) is 9.47 Å². The third-order valence-corrected chi connectivity index (χ3v) is 5.08. The van der Waals surface area contributed by atoms with Gasteiger partial charge >= 0.3 is 5.97 Å². The number of carbonyl (C=O) groups excluding carboxylic acids is 3. The summed E-state index contributed by atoms with van der Waals surface area (Å²) in [7, 11) is 0. The van der Waals surface area contributed by atoms with Crippen molar-refractivity contribution in [1.82, 2.24) is 0 Å². The zero-order valence-electron chi connectivity index (χ0n) is 18.2. The number of para-hydroxylation sites is 2. The number of aryl methyl sites for hydroxylation is 1. The summed E-state index contributed by atoms with van der Waals surface area (Å²) in [6.45, 7) is 1.54. The zero-order chi connectivity index (χ0) is 23.2. The number of ether oxygens (including phenoxy) is 2. The number of hydrogen-bond donors (Lipinski definition) is 2. The molecule has 1 fully saturated rings. The highest BCUT2D eigenvalue weighted by Gasteiger charge is 2.29. The van der Waals surface area contributed by atoms with E-state index >= 15 is 0 Å². The lowest BCUT2D eigenvalue weighted by Crippen LogP contribution is -2.21. The van der Waals surface area contributed by atoms with Crippen molar-refractivity contribution in [3.63, 3.8) is 0 Å². The Hall–Kier alpha value is -4.13. The largest absolute Gasteiger partial charge is 0.455 e. The molecule has 2 N–H and O–H groups in total. The van der Waals surface area contributed by atoms with Crippen LogP contribution in [0.2, 0.25) is 0 Å². The van der Waals surface area contributed by atoms with Crippen LogP contribution >= 0.6 is 0 Å². The predicted octanol–water partition coefficient (Wildman–Crippen LogP) is 4.93. The van der Waals surface area contributed by atoms with Crippen LogP contribution in [0.15, 0.2) is 72.8 Å². The van der Waals surface area contributed by atoms with Gasteiger partial charge in [-0.2, -0.15) is 0 Å². The molecule has 0 bridgehead atoms. The monoisotopic (exact) mass is 444 g/mol.